The largest absolute Gasteiger partial charge is 0.493 e. The summed E-state index contributed by atoms with van der Waals surface area (Å²) in [5.74, 6) is 0.252. The minimum absolute atomic E-state index is 0.0318. The number of hydrogen-bond donors (Lipinski definition) is 2. The molecular formula is C23H23ClF3N3O4. The average molecular weight is 498 g/mol. The van der Waals surface area contributed by atoms with Crippen LogP contribution in [0.25, 0.3) is 11.3 Å². The SMILES string of the molecule is COc1cc(CCC(=O)Nc2cc(-c3ccc(Cl)cc3)nn2CCO)ccc1OCC(F)(F)F. The molecule has 0 unspecified atom stereocenters. The summed E-state index contributed by atoms with van der Waals surface area (Å²) in [6.45, 7) is -1.39. The Kier molecular flexibility index (Phi) is 8.41. The van der Waals surface area contributed by atoms with Crippen molar-refractivity contribution in [1.29, 1.82) is 0 Å². The number of aliphatic hydroxyl groups excluding tert-OH is 1. The van der Waals surface area contributed by atoms with Gasteiger partial charge in [0.25, 0.3) is 0 Å². The Balaban J connectivity index is 1.65. The zero-order valence-corrected chi connectivity index (χ0v) is 19.0. The van der Waals surface area contributed by atoms with Gasteiger partial charge in [-0.05, 0) is 36.2 Å². The number of alkyl halides is 3. The number of rotatable bonds is 10. The van der Waals surface area contributed by atoms with Crippen LogP contribution in [0.5, 0.6) is 11.5 Å². The maximum atomic E-state index is 12.6. The molecule has 11 heteroatoms. The van der Waals surface area contributed by atoms with E-state index in [9.17, 15) is 23.1 Å². The number of hydrogen-bond acceptors (Lipinski definition) is 5. The lowest BCUT2D eigenvalue weighted by Gasteiger charge is -2.13. The van der Waals surface area contributed by atoms with Crippen molar-refractivity contribution in [3.63, 3.8) is 0 Å². The van der Waals surface area contributed by atoms with Crippen molar-refractivity contribution in [2.24, 2.45) is 0 Å². The number of methoxy groups -OCH3 is 1. The molecule has 0 spiro atoms. The van der Waals surface area contributed by atoms with Crippen molar-refractivity contribution in [2.75, 3.05) is 25.6 Å². The Bertz CT molecular complexity index is 1120. The number of halogens is 4. The van der Waals surface area contributed by atoms with Gasteiger partial charge in [-0.15, -0.1) is 0 Å². The Morgan fingerprint density at radius 3 is 2.53 bits per heavy atom. The lowest BCUT2D eigenvalue weighted by atomic mass is 10.1. The quantitative estimate of drug-likeness (QED) is 0.423. The second-order valence-corrected chi connectivity index (χ2v) is 7.74. The van der Waals surface area contributed by atoms with Crippen LogP contribution < -0.4 is 14.8 Å². The smallest absolute Gasteiger partial charge is 0.422 e. The van der Waals surface area contributed by atoms with Gasteiger partial charge in [0.1, 0.15) is 5.82 Å². The van der Waals surface area contributed by atoms with Gasteiger partial charge in [-0.2, -0.15) is 18.3 Å². The molecule has 0 fully saturated rings. The number of ether oxygens (including phenoxy) is 2. The predicted octanol–water partition coefficient (Wildman–Crippen LogP) is 4.72. The first-order chi connectivity index (χ1) is 16.2. The molecule has 34 heavy (non-hydrogen) atoms. The maximum absolute atomic E-state index is 12.6. The zero-order valence-electron chi connectivity index (χ0n) is 18.2. The van der Waals surface area contributed by atoms with Crippen LogP contribution in [0.4, 0.5) is 19.0 Å². The number of carbonyl (C=O) groups excluding carboxylic acids is 1. The number of aliphatic hydroxyl groups is 1. The van der Waals surface area contributed by atoms with Gasteiger partial charge in [0, 0.05) is 23.1 Å². The first kappa shape index (κ1) is 25.4. The fourth-order valence-corrected chi connectivity index (χ4v) is 3.28. The van der Waals surface area contributed by atoms with Crippen molar-refractivity contribution in [2.45, 2.75) is 25.6 Å². The normalized spacial score (nSPS) is 11.4. The second-order valence-electron chi connectivity index (χ2n) is 7.31. The van der Waals surface area contributed by atoms with Crippen LogP contribution in [0.2, 0.25) is 5.02 Å². The molecule has 0 aliphatic carbocycles. The number of aromatic nitrogens is 2. The molecule has 3 aromatic rings. The molecule has 0 saturated heterocycles. The number of amides is 1. The number of benzene rings is 2. The number of carbonyl (C=O) groups is 1. The summed E-state index contributed by atoms with van der Waals surface area (Å²) in [7, 11) is 1.33. The van der Waals surface area contributed by atoms with Crippen LogP contribution in [-0.2, 0) is 17.8 Å². The van der Waals surface area contributed by atoms with Crippen molar-refractivity contribution in [1.82, 2.24) is 9.78 Å². The van der Waals surface area contributed by atoms with Crippen LogP contribution in [0.15, 0.2) is 48.5 Å². The molecule has 0 aliphatic rings. The van der Waals surface area contributed by atoms with Crippen LogP contribution in [0.1, 0.15) is 12.0 Å². The van der Waals surface area contributed by atoms with Crippen molar-refractivity contribution in [3.05, 3.63) is 59.1 Å². The third-order valence-electron chi connectivity index (χ3n) is 4.76. The molecule has 0 radical (unpaired) electrons. The number of aryl methyl sites for hydroxylation is 1. The summed E-state index contributed by atoms with van der Waals surface area (Å²) in [5.41, 5.74) is 2.10. The third-order valence-corrected chi connectivity index (χ3v) is 5.01. The van der Waals surface area contributed by atoms with Gasteiger partial charge in [0.2, 0.25) is 5.91 Å². The molecule has 1 aromatic heterocycles. The highest BCUT2D eigenvalue weighted by Crippen LogP contribution is 2.30. The van der Waals surface area contributed by atoms with Crippen molar-refractivity contribution < 1.29 is 32.5 Å². The number of nitrogens with zero attached hydrogens (tertiary/aromatic N) is 2. The molecule has 7 nitrogen and oxygen atoms in total. The van der Waals surface area contributed by atoms with Gasteiger partial charge >= 0.3 is 6.18 Å². The molecule has 3 rings (SSSR count). The van der Waals surface area contributed by atoms with E-state index in [1.54, 1.807) is 36.4 Å². The van der Waals surface area contributed by atoms with Crippen LogP contribution in [0, 0.1) is 0 Å². The number of anilines is 1. The predicted molar refractivity (Wildman–Crippen MR) is 121 cm³/mol. The minimum atomic E-state index is -4.46. The van der Waals surface area contributed by atoms with Crippen LogP contribution >= 0.6 is 11.6 Å². The monoisotopic (exact) mass is 497 g/mol. The Morgan fingerprint density at radius 1 is 1.15 bits per heavy atom. The van der Waals surface area contributed by atoms with E-state index in [0.29, 0.717) is 28.5 Å². The fourth-order valence-electron chi connectivity index (χ4n) is 3.15. The summed E-state index contributed by atoms with van der Waals surface area (Å²) >= 11 is 5.93. The Morgan fingerprint density at radius 2 is 1.88 bits per heavy atom. The van der Waals surface area contributed by atoms with E-state index >= 15 is 0 Å². The van der Waals surface area contributed by atoms with Gasteiger partial charge in [0.05, 0.1) is 26.0 Å². The summed E-state index contributed by atoms with van der Waals surface area (Å²) in [5, 5.41) is 17.1. The third kappa shape index (κ3) is 7.13. The molecule has 182 valence electrons. The molecule has 0 aliphatic heterocycles. The van der Waals surface area contributed by atoms with Crippen LogP contribution in [-0.4, -0.2) is 47.3 Å². The van der Waals surface area contributed by atoms with E-state index in [2.05, 4.69) is 10.4 Å². The van der Waals surface area contributed by atoms with E-state index < -0.39 is 12.8 Å². The second kappa shape index (κ2) is 11.3. The van der Waals surface area contributed by atoms with E-state index in [4.69, 9.17) is 21.1 Å². The summed E-state index contributed by atoms with van der Waals surface area (Å²) in [4.78, 5) is 12.6. The highest BCUT2D eigenvalue weighted by molar-refractivity contribution is 6.30. The van der Waals surface area contributed by atoms with Gasteiger partial charge in [0.15, 0.2) is 18.1 Å². The molecule has 2 N–H and O–H groups in total. The Labute approximate surface area is 199 Å². The average Bonchev–Trinajstić information content (AvgIpc) is 3.18. The van der Waals surface area contributed by atoms with E-state index in [0.717, 1.165) is 5.56 Å². The van der Waals surface area contributed by atoms with Crippen molar-refractivity contribution >= 4 is 23.3 Å². The summed E-state index contributed by atoms with van der Waals surface area (Å²) in [6, 6.07) is 13.3. The van der Waals surface area contributed by atoms with Gasteiger partial charge < -0.3 is 19.9 Å². The lowest BCUT2D eigenvalue weighted by molar-refractivity contribution is -0.153. The van der Waals surface area contributed by atoms with E-state index in [-0.39, 0.29) is 37.0 Å². The molecule has 0 atom stereocenters. The molecule has 1 heterocycles. The minimum Gasteiger partial charge on any atom is -0.493 e. The summed E-state index contributed by atoms with van der Waals surface area (Å²) < 4.78 is 48.6. The van der Waals surface area contributed by atoms with Crippen molar-refractivity contribution in [3.8, 4) is 22.8 Å². The van der Waals surface area contributed by atoms with E-state index in [1.807, 2.05) is 0 Å². The topological polar surface area (TPSA) is 85.6 Å². The Hall–Kier alpha value is -3.24. The lowest BCUT2D eigenvalue weighted by Crippen LogP contribution is -2.19. The van der Waals surface area contributed by atoms with Gasteiger partial charge in [-0.25, -0.2) is 4.68 Å². The van der Waals surface area contributed by atoms with Gasteiger partial charge in [-0.1, -0.05) is 29.8 Å². The fraction of sp³-hybridized carbons (Fsp3) is 0.304. The molecule has 2 aromatic carbocycles. The zero-order chi connectivity index (χ0) is 24.7. The van der Waals surface area contributed by atoms with E-state index in [1.165, 1.54) is 23.9 Å². The van der Waals surface area contributed by atoms with Crippen LogP contribution in [0.3, 0.4) is 0 Å². The highest BCUT2D eigenvalue weighted by Gasteiger charge is 2.29. The number of nitrogens with one attached hydrogen (secondary N) is 1. The summed E-state index contributed by atoms with van der Waals surface area (Å²) in [6.07, 6.45) is -4.04. The molecular weight excluding hydrogens is 475 g/mol. The standard InChI is InChI=1S/C23H23ClF3N3O4/c1-33-20-12-15(2-8-19(20)34-14-23(25,26)27)3-9-22(32)28-21-13-18(29-30(21)10-11-31)16-4-6-17(24)7-5-16/h2,4-8,12-13,31H,3,9-11,14H2,1H3,(H,28,32). The first-order valence-corrected chi connectivity index (χ1v) is 10.7. The highest BCUT2D eigenvalue weighted by atomic mass is 35.5. The first-order valence-electron chi connectivity index (χ1n) is 10.3. The van der Waals surface area contributed by atoms with Gasteiger partial charge in [-0.3, -0.25) is 4.79 Å². The molecule has 0 bridgehead atoms. The molecule has 1 amide bonds. The molecule has 0 saturated carbocycles. The maximum Gasteiger partial charge on any atom is 0.422 e.